The molecule has 0 N–H and O–H groups in total. The molecule has 12 nitrogen and oxygen atoms in total. The van der Waals surface area contributed by atoms with Crippen LogP contribution in [-0.4, -0.2) is 101 Å². The number of aryl methyl sites for hydroxylation is 2. The topological polar surface area (TPSA) is 114 Å². The number of hydrogen-bond acceptors (Lipinski definition) is 10. The summed E-state index contributed by atoms with van der Waals surface area (Å²) in [4.78, 5) is 31.8. The summed E-state index contributed by atoms with van der Waals surface area (Å²) in [5.74, 6) is 1.76. The molecule has 4 aliphatic heterocycles. The zero-order valence-corrected chi connectivity index (χ0v) is 27.1. The number of hydrogen-bond donors (Lipinski definition) is 0. The lowest BCUT2D eigenvalue weighted by molar-refractivity contribution is -0.223. The number of ether oxygens (including phenoxy) is 8. The highest BCUT2D eigenvalue weighted by Crippen LogP contribution is 2.47. The molecule has 2 saturated heterocycles. The van der Waals surface area contributed by atoms with Gasteiger partial charge in [0.25, 0.3) is 37.0 Å². The largest absolute Gasteiger partial charge is 0.454 e. The fourth-order valence-electron chi connectivity index (χ4n) is 7.51. The highest BCUT2D eigenvalue weighted by Gasteiger charge is 2.51. The summed E-state index contributed by atoms with van der Waals surface area (Å²) in [7, 11) is 6.06. The van der Waals surface area contributed by atoms with Crippen LogP contribution in [0.1, 0.15) is 52.1 Å². The zero-order chi connectivity index (χ0) is 32.3. The second kappa shape index (κ2) is 11.7. The first kappa shape index (κ1) is 31.4. The van der Waals surface area contributed by atoms with Crippen LogP contribution >= 0.6 is 0 Å². The molecule has 4 unspecified atom stereocenters. The van der Waals surface area contributed by atoms with E-state index < -0.39 is 25.2 Å². The molecule has 12 heteroatoms. The average Bonchev–Trinajstić information content (AvgIpc) is 3.01. The molecule has 4 heterocycles. The third kappa shape index (κ3) is 5.69. The summed E-state index contributed by atoms with van der Waals surface area (Å²) >= 11 is 0. The molecule has 0 aliphatic carbocycles. The third-order valence-electron chi connectivity index (χ3n) is 9.02. The summed E-state index contributed by atoms with van der Waals surface area (Å²) in [6.07, 6.45) is -2.05. The minimum Gasteiger partial charge on any atom is -0.454 e. The summed E-state index contributed by atoms with van der Waals surface area (Å²) < 4.78 is 45.3. The Bertz CT molecular complexity index is 1370. The number of piperidine rings is 2. The van der Waals surface area contributed by atoms with E-state index in [0.717, 1.165) is 17.5 Å². The van der Waals surface area contributed by atoms with Gasteiger partial charge in [0.15, 0.2) is 23.0 Å². The normalized spacial score (nSPS) is 30.2. The highest BCUT2D eigenvalue weighted by atomic mass is 16.8. The van der Waals surface area contributed by atoms with Gasteiger partial charge >= 0.3 is 0 Å². The highest BCUT2D eigenvalue weighted by molar-refractivity contribution is 5.96. The number of nitrogens with zero attached hydrogens (tertiary/aromatic N) is 2. The van der Waals surface area contributed by atoms with Crippen molar-refractivity contribution >= 4 is 11.8 Å². The molecule has 0 saturated carbocycles. The van der Waals surface area contributed by atoms with Crippen molar-refractivity contribution in [1.82, 2.24) is 9.80 Å². The van der Waals surface area contributed by atoms with Gasteiger partial charge in [0.05, 0.1) is 0 Å². The molecule has 2 aromatic carbocycles. The first-order valence-corrected chi connectivity index (χ1v) is 15.1. The van der Waals surface area contributed by atoms with Crippen LogP contribution in [0.25, 0.3) is 0 Å². The standard InChI is InChI=1S/C33H42N2O10/c1-18-9-20(11-22-24(18)44-30(40-7)28(38-5)42-22)26(36)34-14-32(3)13-33(4,15-34)17-35(16-32)27(37)21-10-19(2)25-23(12-21)43-29(39-6)31(41-8)45-25/h9-12,28-31H,13-17H2,1-8H3. The molecular weight excluding hydrogens is 584 g/mol. The fourth-order valence-corrected chi connectivity index (χ4v) is 7.51. The Kier molecular flexibility index (Phi) is 8.13. The number of fused-ring (bicyclic) bond motifs is 4. The van der Waals surface area contributed by atoms with Gasteiger partial charge in [-0.25, -0.2) is 0 Å². The van der Waals surface area contributed by atoms with Crippen LogP contribution in [0.15, 0.2) is 24.3 Å². The monoisotopic (exact) mass is 626 g/mol. The van der Waals surface area contributed by atoms with E-state index in [1.54, 1.807) is 12.1 Å². The summed E-state index contributed by atoms with van der Waals surface area (Å²) in [5.41, 5.74) is 1.95. The molecule has 4 aliphatic rings. The third-order valence-corrected chi connectivity index (χ3v) is 9.02. The van der Waals surface area contributed by atoms with Crippen LogP contribution in [0.4, 0.5) is 0 Å². The predicted octanol–water partition coefficient (Wildman–Crippen LogP) is 3.75. The van der Waals surface area contributed by atoms with Crippen LogP contribution in [-0.2, 0) is 18.9 Å². The second-order valence-corrected chi connectivity index (χ2v) is 13.2. The maximum absolute atomic E-state index is 14.0. The lowest BCUT2D eigenvalue weighted by Crippen LogP contribution is -2.64. The first-order valence-electron chi connectivity index (χ1n) is 15.1. The van der Waals surface area contributed by atoms with E-state index in [1.807, 2.05) is 35.8 Å². The molecular formula is C33H42N2O10. The van der Waals surface area contributed by atoms with E-state index in [2.05, 4.69) is 13.8 Å². The number of carbonyl (C=O) groups is 2. The van der Waals surface area contributed by atoms with Crippen molar-refractivity contribution in [3.8, 4) is 23.0 Å². The van der Waals surface area contributed by atoms with Crippen LogP contribution in [0, 0.1) is 24.7 Å². The fraction of sp³-hybridized carbons (Fsp3) is 0.576. The van der Waals surface area contributed by atoms with Gasteiger partial charge in [-0.15, -0.1) is 0 Å². The van der Waals surface area contributed by atoms with Gasteiger partial charge in [0.2, 0.25) is 0 Å². The smallest absolute Gasteiger partial charge is 0.263 e. The van der Waals surface area contributed by atoms with E-state index in [0.29, 0.717) is 60.3 Å². The molecule has 0 radical (unpaired) electrons. The van der Waals surface area contributed by atoms with Gasteiger partial charge in [-0.05, 0) is 55.7 Å². The Hall–Kier alpha value is -3.58. The lowest BCUT2D eigenvalue weighted by atomic mass is 9.65. The van der Waals surface area contributed by atoms with Crippen LogP contribution < -0.4 is 18.9 Å². The molecule has 2 fully saturated rings. The Morgan fingerprint density at radius 3 is 1.29 bits per heavy atom. The first-order chi connectivity index (χ1) is 21.4. The van der Waals surface area contributed by atoms with Gasteiger partial charge in [0, 0.05) is 76.6 Å². The van der Waals surface area contributed by atoms with Crippen molar-refractivity contribution in [3.05, 3.63) is 46.5 Å². The molecule has 244 valence electrons. The Labute approximate surface area is 263 Å². The zero-order valence-electron chi connectivity index (χ0n) is 27.1. The van der Waals surface area contributed by atoms with Crippen molar-refractivity contribution in [2.45, 2.75) is 59.3 Å². The van der Waals surface area contributed by atoms with Gasteiger partial charge < -0.3 is 47.7 Å². The Morgan fingerprint density at radius 2 is 0.956 bits per heavy atom. The lowest BCUT2D eigenvalue weighted by Gasteiger charge is -2.56. The molecule has 2 bridgehead atoms. The van der Waals surface area contributed by atoms with Gasteiger partial charge in [-0.2, -0.15) is 0 Å². The quantitative estimate of drug-likeness (QED) is 0.470. The Morgan fingerprint density at radius 1 is 0.622 bits per heavy atom. The summed E-state index contributed by atoms with van der Waals surface area (Å²) in [5, 5.41) is 0. The van der Waals surface area contributed by atoms with Crippen molar-refractivity contribution in [2.75, 3.05) is 54.6 Å². The molecule has 4 atom stereocenters. The number of amides is 2. The SMILES string of the molecule is COC1Oc2cc(C(=O)N3CC4(C)CN(C(=O)c5cc(C)c6c(c5)OC(OC)C(OC)O6)CC(C)(C3)C4)cc(C)c2OC1OC. The molecule has 0 spiro atoms. The summed E-state index contributed by atoms with van der Waals surface area (Å²) in [6.45, 7) is 10.1. The van der Waals surface area contributed by atoms with Gasteiger partial charge in [-0.1, -0.05) is 13.8 Å². The number of rotatable bonds is 6. The van der Waals surface area contributed by atoms with Crippen LogP contribution in [0.2, 0.25) is 0 Å². The maximum Gasteiger partial charge on any atom is 0.263 e. The van der Waals surface area contributed by atoms with Crippen molar-refractivity contribution < 1.29 is 47.5 Å². The van der Waals surface area contributed by atoms with Crippen LogP contribution in [0.3, 0.4) is 0 Å². The number of methoxy groups -OCH3 is 4. The Balaban J connectivity index is 1.21. The summed E-state index contributed by atoms with van der Waals surface area (Å²) in [6, 6.07) is 7.06. The van der Waals surface area contributed by atoms with E-state index in [9.17, 15) is 9.59 Å². The average molecular weight is 627 g/mol. The molecule has 45 heavy (non-hydrogen) atoms. The number of benzene rings is 2. The van der Waals surface area contributed by atoms with Gasteiger partial charge in [0.1, 0.15) is 0 Å². The maximum atomic E-state index is 14.0. The van der Waals surface area contributed by atoms with E-state index in [1.165, 1.54) is 28.4 Å². The predicted molar refractivity (Wildman–Crippen MR) is 161 cm³/mol. The molecule has 2 amide bonds. The second-order valence-electron chi connectivity index (χ2n) is 13.2. The van der Waals surface area contributed by atoms with Crippen molar-refractivity contribution in [1.29, 1.82) is 0 Å². The van der Waals surface area contributed by atoms with E-state index >= 15 is 0 Å². The number of likely N-dealkylation sites (tertiary alicyclic amines) is 2. The molecule has 6 rings (SSSR count). The molecule has 0 aromatic heterocycles. The van der Waals surface area contributed by atoms with Crippen molar-refractivity contribution in [3.63, 3.8) is 0 Å². The molecule has 2 aromatic rings. The van der Waals surface area contributed by atoms with Crippen molar-refractivity contribution in [2.24, 2.45) is 10.8 Å². The minimum absolute atomic E-state index is 0.0891. The van der Waals surface area contributed by atoms with E-state index in [4.69, 9.17) is 37.9 Å². The minimum atomic E-state index is -0.760. The van der Waals surface area contributed by atoms with Gasteiger partial charge in [-0.3, -0.25) is 9.59 Å². The van der Waals surface area contributed by atoms with Crippen LogP contribution in [0.5, 0.6) is 23.0 Å². The van der Waals surface area contributed by atoms with E-state index in [-0.39, 0.29) is 22.6 Å². The number of carbonyl (C=O) groups excluding carboxylic acids is 2.